The van der Waals surface area contributed by atoms with Crippen molar-refractivity contribution in [3.05, 3.63) is 36.0 Å². The molecule has 0 bridgehead atoms. The van der Waals surface area contributed by atoms with Gasteiger partial charge in [0.2, 0.25) is 0 Å². The quantitative estimate of drug-likeness (QED) is 0.842. The molecule has 0 aromatic heterocycles. The van der Waals surface area contributed by atoms with E-state index in [1.54, 1.807) is 0 Å². The highest BCUT2D eigenvalue weighted by molar-refractivity contribution is 5.63. The molecule has 0 amide bonds. The minimum Gasteiger partial charge on any atom is -0.493 e. The first kappa shape index (κ1) is 14.2. The number of hydrogen-bond donors (Lipinski definition) is 0. The van der Waals surface area contributed by atoms with Gasteiger partial charge in [-0.25, -0.2) is 0 Å². The van der Waals surface area contributed by atoms with E-state index in [0.29, 0.717) is 24.5 Å². The Kier molecular flexibility index (Phi) is 4.00. The number of benzene rings is 1. The summed E-state index contributed by atoms with van der Waals surface area (Å²) in [6.07, 6.45) is 7.15. The zero-order chi connectivity index (χ0) is 14.8. The highest BCUT2D eigenvalue weighted by Gasteiger charge is 2.22. The van der Waals surface area contributed by atoms with Gasteiger partial charge in [0, 0.05) is 48.6 Å². The standard InChI is InChI=1S/C18H24N2O/c1-13(2)20-9-7-15-4-5-17(10-18(15)20)21-12-16-6-8-19-11-14(16)3/h4-6,8,10-11,13-14,16H,7,9,12H2,1-3H3. The van der Waals surface area contributed by atoms with Gasteiger partial charge in [0.25, 0.3) is 0 Å². The third kappa shape index (κ3) is 2.97. The van der Waals surface area contributed by atoms with Crippen LogP contribution in [0.25, 0.3) is 0 Å². The maximum absolute atomic E-state index is 6.03. The first-order valence-corrected chi connectivity index (χ1v) is 7.87. The molecule has 112 valence electrons. The Morgan fingerprint density at radius 1 is 1.38 bits per heavy atom. The van der Waals surface area contributed by atoms with Gasteiger partial charge in [-0.1, -0.05) is 19.1 Å². The van der Waals surface area contributed by atoms with Crippen molar-refractivity contribution in [2.24, 2.45) is 16.8 Å². The minimum absolute atomic E-state index is 0.414. The lowest BCUT2D eigenvalue weighted by atomic mass is 9.94. The predicted molar refractivity (Wildman–Crippen MR) is 88.4 cm³/mol. The summed E-state index contributed by atoms with van der Waals surface area (Å²) >= 11 is 0. The van der Waals surface area contributed by atoms with Gasteiger partial charge < -0.3 is 9.64 Å². The van der Waals surface area contributed by atoms with E-state index >= 15 is 0 Å². The van der Waals surface area contributed by atoms with Crippen LogP contribution in [0.4, 0.5) is 5.69 Å². The van der Waals surface area contributed by atoms with Crippen molar-refractivity contribution in [1.82, 2.24) is 0 Å². The number of anilines is 1. The van der Waals surface area contributed by atoms with Crippen molar-refractivity contribution < 1.29 is 4.74 Å². The molecule has 3 rings (SSSR count). The molecule has 0 saturated heterocycles. The summed E-state index contributed by atoms with van der Waals surface area (Å²) in [6, 6.07) is 7.06. The summed E-state index contributed by atoms with van der Waals surface area (Å²) in [5.41, 5.74) is 2.78. The third-order valence-corrected chi connectivity index (χ3v) is 4.47. The van der Waals surface area contributed by atoms with Gasteiger partial charge in [-0.2, -0.15) is 0 Å². The molecule has 2 aliphatic rings. The largest absolute Gasteiger partial charge is 0.493 e. The second-order valence-corrected chi connectivity index (χ2v) is 6.30. The first-order valence-electron chi connectivity index (χ1n) is 7.87. The molecule has 0 fully saturated rings. The van der Waals surface area contributed by atoms with E-state index < -0.39 is 0 Å². The molecule has 21 heavy (non-hydrogen) atoms. The second kappa shape index (κ2) is 5.92. The fraction of sp³-hybridized carbons (Fsp3) is 0.500. The third-order valence-electron chi connectivity index (χ3n) is 4.47. The lowest BCUT2D eigenvalue weighted by Crippen LogP contribution is -2.28. The normalized spacial score (nSPS) is 23.7. The number of hydrogen-bond acceptors (Lipinski definition) is 3. The van der Waals surface area contributed by atoms with Crippen LogP contribution >= 0.6 is 0 Å². The molecule has 3 nitrogen and oxygen atoms in total. The van der Waals surface area contributed by atoms with Crippen molar-refractivity contribution in [1.29, 1.82) is 0 Å². The van der Waals surface area contributed by atoms with Crippen LogP contribution in [0.3, 0.4) is 0 Å². The van der Waals surface area contributed by atoms with Crippen molar-refractivity contribution in [2.75, 3.05) is 18.1 Å². The maximum atomic E-state index is 6.03. The Bertz CT molecular complexity index is 562. The average molecular weight is 284 g/mol. The molecule has 1 aromatic carbocycles. The molecule has 2 unspecified atom stereocenters. The highest BCUT2D eigenvalue weighted by atomic mass is 16.5. The molecule has 0 radical (unpaired) electrons. The van der Waals surface area contributed by atoms with E-state index in [1.165, 1.54) is 11.3 Å². The molecular weight excluding hydrogens is 260 g/mol. The summed E-state index contributed by atoms with van der Waals surface area (Å²) in [6.45, 7) is 8.51. The van der Waals surface area contributed by atoms with Crippen molar-refractivity contribution in [3.8, 4) is 5.75 Å². The zero-order valence-electron chi connectivity index (χ0n) is 13.1. The molecule has 3 heteroatoms. The Morgan fingerprint density at radius 3 is 3.00 bits per heavy atom. The Labute approximate surface area is 127 Å². The Morgan fingerprint density at radius 2 is 2.24 bits per heavy atom. The summed E-state index contributed by atoms with van der Waals surface area (Å²) in [5.74, 6) is 1.83. The average Bonchev–Trinajstić information content (AvgIpc) is 2.89. The molecule has 0 N–H and O–H groups in total. The lowest BCUT2D eigenvalue weighted by Gasteiger charge is -2.25. The number of aliphatic imine (C=N–C) groups is 1. The lowest BCUT2D eigenvalue weighted by molar-refractivity contribution is 0.257. The minimum atomic E-state index is 0.414. The number of ether oxygens (including phenoxy) is 1. The van der Waals surface area contributed by atoms with Crippen LogP contribution in [-0.4, -0.2) is 25.4 Å². The summed E-state index contributed by atoms with van der Waals surface area (Å²) in [5, 5.41) is 0. The van der Waals surface area contributed by atoms with Gasteiger partial charge in [0.05, 0.1) is 6.61 Å². The van der Waals surface area contributed by atoms with Gasteiger partial charge in [-0.15, -0.1) is 0 Å². The fourth-order valence-electron chi connectivity index (χ4n) is 3.04. The highest BCUT2D eigenvalue weighted by Crippen LogP contribution is 2.33. The summed E-state index contributed by atoms with van der Waals surface area (Å²) in [7, 11) is 0. The molecular formula is C18H24N2O. The first-order chi connectivity index (χ1) is 10.1. The van der Waals surface area contributed by atoms with Crippen LogP contribution in [0.5, 0.6) is 5.75 Å². The molecule has 0 aliphatic carbocycles. The van der Waals surface area contributed by atoms with E-state index in [-0.39, 0.29) is 0 Å². The van der Waals surface area contributed by atoms with Crippen molar-refractivity contribution >= 4 is 11.9 Å². The SMILES string of the molecule is CC1C=NC=CC1COc1ccc2c(c1)N(C(C)C)CC2. The molecule has 0 spiro atoms. The number of fused-ring (bicyclic) bond motifs is 1. The van der Waals surface area contributed by atoms with Crippen molar-refractivity contribution in [3.63, 3.8) is 0 Å². The topological polar surface area (TPSA) is 24.8 Å². The van der Waals surface area contributed by atoms with E-state index in [4.69, 9.17) is 4.74 Å². The molecule has 2 aliphatic heterocycles. The van der Waals surface area contributed by atoms with E-state index in [1.807, 2.05) is 12.4 Å². The predicted octanol–water partition coefficient (Wildman–Crippen LogP) is 3.69. The van der Waals surface area contributed by atoms with Crippen LogP contribution in [0.15, 0.2) is 35.5 Å². The molecule has 2 heterocycles. The van der Waals surface area contributed by atoms with E-state index in [2.05, 4.69) is 54.9 Å². The van der Waals surface area contributed by atoms with Crippen LogP contribution in [0.1, 0.15) is 26.3 Å². The van der Waals surface area contributed by atoms with Gasteiger partial charge in [-0.3, -0.25) is 4.99 Å². The number of rotatable bonds is 4. The summed E-state index contributed by atoms with van der Waals surface area (Å²) in [4.78, 5) is 6.63. The van der Waals surface area contributed by atoms with Crippen LogP contribution < -0.4 is 9.64 Å². The smallest absolute Gasteiger partial charge is 0.121 e. The zero-order valence-corrected chi connectivity index (χ0v) is 13.1. The van der Waals surface area contributed by atoms with Gasteiger partial charge in [0.15, 0.2) is 0 Å². The fourth-order valence-corrected chi connectivity index (χ4v) is 3.04. The van der Waals surface area contributed by atoms with Crippen LogP contribution in [0, 0.1) is 11.8 Å². The van der Waals surface area contributed by atoms with Gasteiger partial charge >= 0.3 is 0 Å². The van der Waals surface area contributed by atoms with Crippen molar-refractivity contribution in [2.45, 2.75) is 33.2 Å². The van der Waals surface area contributed by atoms with E-state index in [0.717, 1.165) is 18.7 Å². The molecule has 1 aromatic rings. The second-order valence-electron chi connectivity index (χ2n) is 6.30. The number of nitrogens with zero attached hydrogens (tertiary/aromatic N) is 2. The Hall–Kier alpha value is -1.77. The molecule has 0 saturated carbocycles. The van der Waals surface area contributed by atoms with Crippen LogP contribution in [0.2, 0.25) is 0 Å². The van der Waals surface area contributed by atoms with Gasteiger partial charge in [-0.05, 0) is 31.9 Å². The van der Waals surface area contributed by atoms with E-state index in [9.17, 15) is 0 Å². The van der Waals surface area contributed by atoms with Crippen LogP contribution in [-0.2, 0) is 6.42 Å². The van der Waals surface area contributed by atoms with Gasteiger partial charge in [0.1, 0.15) is 5.75 Å². The Balaban J connectivity index is 1.68. The summed E-state index contributed by atoms with van der Waals surface area (Å²) < 4.78 is 6.03. The monoisotopic (exact) mass is 284 g/mol. The maximum Gasteiger partial charge on any atom is 0.121 e. The molecule has 2 atom stereocenters.